The minimum atomic E-state index is 0. The van der Waals surface area contributed by atoms with E-state index in [-0.39, 0.29) is 16.5 Å². The van der Waals surface area contributed by atoms with Crippen molar-refractivity contribution in [2.24, 2.45) is 10.2 Å². The summed E-state index contributed by atoms with van der Waals surface area (Å²) in [5.74, 6) is 0. The molecule has 0 bridgehead atoms. The van der Waals surface area contributed by atoms with Crippen molar-refractivity contribution < 1.29 is 16.5 Å². The number of rotatable bonds is 2. The van der Waals surface area contributed by atoms with Gasteiger partial charge in [-0.2, -0.15) is 34.8 Å². The largest absolute Gasteiger partial charge is 2.00 e. The molecule has 0 saturated heterocycles. The minimum absolute atomic E-state index is 0. The van der Waals surface area contributed by atoms with Gasteiger partial charge in [0, 0.05) is 0 Å². The number of benzene rings is 2. The molecule has 23 heavy (non-hydrogen) atoms. The van der Waals surface area contributed by atoms with Gasteiger partial charge in [-0.05, 0) is 24.2 Å². The molecule has 3 rings (SSSR count). The molecule has 0 saturated carbocycles. The molecule has 2 aromatic rings. The van der Waals surface area contributed by atoms with Crippen LogP contribution in [-0.4, -0.2) is 0 Å². The fraction of sp³-hybridized carbons (Fsp3) is 0.200. The zero-order chi connectivity index (χ0) is 15.3. The van der Waals surface area contributed by atoms with E-state index >= 15 is 0 Å². The maximum Gasteiger partial charge on any atom is 2.00 e. The smallest absolute Gasteiger partial charge is 0.500 e. The number of azo groups is 1. The summed E-state index contributed by atoms with van der Waals surface area (Å²) >= 11 is 0. The number of allylic oxidation sites excluding steroid dienone is 4. The molecule has 0 fully saturated rings. The van der Waals surface area contributed by atoms with E-state index in [4.69, 9.17) is 0 Å². The van der Waals surface area contributed by atoms with E-state index < -0.39 is 0 Å². The average Bonchev–Trinajstić information content (AvgIpc) is 2.55. The maximum atomic E-state index is 4.09. The topological polar surface area (TPSA) is 24.7 Å². The van der Waals surface area contributed by atoms with Crippen molar-refractivity contribution in [1.82, 2.24) is 0 Å². The predicted molar refractivity (Wildman–Crippen MR) is 91.3 cm³/mol. The first-order valence-electron chi connectivity index (χ1n) is 7.58. The van der Waals surface area contributed by atoms with Crippen molar-refractivity contribution in [3.05, 3.63) is 85.0 Å². The second kappa shape index (κ2) is 12.5. The fourth-order valence-electron chi connectivity index (χ4n) is 1.84. The third-order valence-electron chi connectivity index (χ3n) is 2.98. The van der Waals surface area contributed by atoms with Crippen LogP contribution in [0.15, 0.2) is 83.1 Å². The van der Waals surface area contributed by atoms with E-state index in [1.165, 1.54) is 19.3 Å². The van der Waals surface area contributed by atoms with E-state index in [0.29, 0.717) is 0 Å². The quantitative estimate of drug-likeness (QED) is 0.261. The minimum Gasteiger partial charge on any atom is -0.500 e. The molecule has 0 amide bonds. The van der Waals surface area contributed by atoms with Gasteiger partial charge in [-0.1, -0.05) is 43.2 Å². The first-order valence-corrected chi connectivity index (χ1v) is 7.58. The molecular weight excluding hydrogens is 327 g/mol. The van der Waals surface area contributed by atoms with Crippen LogP contribution in [0.25, 0.3) is 0 Å². The summed E-state index contributed by atoms with van der Waals surface area (Å²) in [6.07, 6.45) is 14.5. The first-order chi connectivity index (χ1) is 10.9. The summed E-state index contributed by atoms with van der Waals surface area (Å²) in [5, 5.41) is 8.17. The van der Waals surface area contributed by atoms with Crippen LogP contribution < -0.4 is 0 Å². The van der Waals surface area contributed by atoms with Crippen molar-refractivity contribution in [1.29, 1.82) is 0 Å². The molecule has 0 unspecified atom stereocenters. The monoisotopic (exact) mass is 346 g/mol. The Kier molecular flexibility index (Phi) is 10.4. The van der Waals surface area contributed by atoms with Gasteiger partial charge in [-0.25, -0.2) is 0 Å². The molecule has 120 valence electrons. The molecule has 2 nitrogen and oxygen atoms in total. The Bertz CT molecular complexity index is 537. The Morgan fingerprint density at radius 1 is 0.739 bits per heavy atom. The first kappa shape index (κ1) is 19.1. The van der Waals surface area contributed by atoms with Gasteiger partial charge < -0.3 is 6.08 Å². The third-order valence-corrected chi connectivity index (χ3v) is 2.98. The van der Waals surface area contributed by atoms with E-state index in [0.717, 1.165) is 17.8 Å². The molecule has 2 aromatic carbocycles. The predicted octanol–water partition coefficient (Wildman–Crippen LogP) is 6.38. The van der Waals surface area contributed by atoms with Crippen molar-refractivity contribution in [2.45, 2.75) is 25.7 Å². The van der Waals surface area contributed by atoms with E-state index in [1.54, 1.807) is 0 Å². The second-order valence-electron chi connectivity index (χ2n) is 4.79. The van der Waals surface area contributed by atoms with Gasteiger partial charge in [0.05, 0.1) is 5.69 Å². The molecule has 0 spiro atoms. The van der Waals surface area contributed by atoms with Crippen LogP contribution in [0.3, 0.4) is 0 Å². The second-order valence-corrected chi connectivity index (χ2v) is 4.79. The molecule has 1 aliphatic carbocycles. The Balaban J connectivity index is 0.000000253. The number of hydrogen-bond acceptors (Lipinski definition) is 2. The number of nitrogens with zero attached hydrogens (tertiary/aromatic N) is 2. The third kappa shape index (κ3) is 8.90. The van der Waals surface area contributed by atoms with Gasteiger partial charge in [0.1, 0.15) is 0 Å². The zero-order valence-corrected chi connectivity index (χ0v) is 14.0. The van der Waals surface area contributed by atoms with Crippen LogP contribution in [0.5, 0.6) is 0 Å². The van der Waals surface area contributed by atoms with E-state index in [1.807, 2.05) is 54.6 Å². The Hall–Kier alpha value is -1.99. The molecule has 0 heterocycles. The summed E-state index contributed by atoms with van der Waals surface area (Å²) in [7, 11) is 0. The summed E-state index contributed by atoms with van der Waals surface area (Å²) in [5.41, 5.74) is 1.70. The van der Waals surface area contributed by atoms with Gasteiger partial charge in [-0.15, -0.1) is 12.1 Å². The van der Waals surface area contributed by atoms with Crippen LogP contribution >= 0.6 is 0 Å². The van der Waals surface area contributed by atoms with Crippen LogP contribution in [-0.2, 0) is 16.5 Å². The van der Waals surface area contributed by atoms with Crippen LogP contribution in [0.1, 0.15) is 25.7 Å². The molecule has 0 N–H and O–H groups in total. The van der Waals surface area contributed by atoms with Gasteiger partial charge in [-0.3, -0.25) is 6.08 Å². The SMILES string of the molecule is [C-]1=CCCC=CCC1.[Ni+2].[c-]1ccc(N=Nc2ccccc2)cc1. The summed E-state index contributed by atoms with van der Waals surface area (Å²) in [6.45, 7) is 0. The molecule has 3 heteroatoms. The van der Waals surface area contributed by atoms with Crippen LogP contribution in [0.4, 0.5) is 11.4 Å². The molecule has 0 radical (unpaired) electrons. The number of hydrogen-bond donors (Lipinski definition) is 0. The molecule has 0 atom stereocenters. The van der Waals surface area contributed by atoms with Crippen LogP contribution in [0, 0.1) is 12.1 Å². The van der Waals surface area contributed by atoms with E-state index in [2.05, 4.69) is 40.6 Å². The summed E-state index contributed by atoms with van der Waals surface area (Å²) < 4.78 is 0. The molecule has 0 aliphatic heterocycles. The van der Waals surface area contributed by atoms with Crippen molar-refractivity contribution in [2.75, 3.05) is 0 Å². The summed E-state index contributed by atoms with van der Waals surface area (Å²) in [4.78, 5) is 0. The Morgan fingerprint density at radius 3 is 2.13 bits per heavy atom. The standard InChI is InChI=1S/C12H9N2.C8H11.Ni/c1-3-7-11(8-4-1)13-14-12-9-5-2-6-10-12;1-2-4-6-8-7-5-3-1;/h1,3-10H;1-2,7H,3-6H2;/q2*-1;+2. The van der Waals surface area contributed by atoms with Gasteiger partial charge in [0.2, 0.25) is 0 Å². The average molecular weight is 347 g/mol. The molecular formula is C20H20N2Ni. The zero-order valence-electron chi connectivity index (χ0n) is 13.0. The van der Waals surface area contributed by atoms with Crippen LogP contribution in [0.2, 0.25) is 0 Å². The van der Waals surface area contributed by atoms with Gasteiger partial charge >= 0.3 is 16.5 Å². The van der Waals surface area contributed by atoms with Gasteiger partial charge in [0.15, 0.2) is 0 Å². The van der Waals surface area contributed by atoms with E-state index in [9.17, 15) is 0 Å². The fourth-order valence-corrected chi connectivity index (χ4v) is 1.84. The van der Waals surface area contributed by atoms with Gasteiger partial charge in [0.25, 0.3) is 0 Å². The Labute approximate surface area is 149 Å². The normalized spacial score (nSPS) is 13.4. The molecule has 1 aliphatic rings. The molecule has 0 aromatic heterocycles. The summed E-state index contributed by atoms with van der Waals surface area (Å²) in [6, 6.07) is 20.0. The Morgan fingerprint density at radius 2 is 1.39 bits per heavy atom. The van der Waals surface area contributed by atoms with Crippen molar-refractivity contribution >= 4 is 11.4 Å². The van der Waals surface area contributed by atoms with Crippen molar-refractivity contribution in [3.8, 4) is 0 Å². The van der Waals surface area contributed by atoms with Crippen molar-refractivity contribution in [3.63, 3.8) is 0 Å². The maximum absolute atomic E-state index is 4.09.